The third kappa shape index (κ3) is 6.74. The van der Waals surface area contributed by atoms with Crippen LogP contribution in [0.3, 0.4) is 0 Å². The fraction of sp³-hybridized carbons (Fsp3) is 0.0645. The van der Waals surface area contributed by atoms with Gasteiger partial charge in [0.05, 0.1) is 21.5 Å². The van der Waals surface area contributed by atoms with Crippen molar-refractivity contribution in [1.29, 1.82) is 0 Å². The molecule has 0 aromatic heterocycles. The van der Waals surface area contributed by atoms with Gasteiger partial charge in [-0.1, -0.05) is 76.9 Å². The van der Waals surface area contributed by atoms with Crippen molar-refractivity contribution in [3.63, 3.8) is 0 Å². The van der Waals surface area contributed by atoms with E-state index in [0.29, 0.717) is 37.9 Å². The van der Waals surface area contributed by atoms with Crippen LogP contribution in [0.1, 0.15) is 11.1 Å². The minimum absolute atomic E-state index is 0.0524. The van der Waals surface area contributed by atoms with Crippen LogP contribution in [-0.4, -0.2) is 22.7 Å². The summed E-state index contributed by atoms with van der Waals surface area (Å²) in [6.07, 6.45) is 1.65. The van der Waals surface area contributed by atoms with Crippen molar-refractivity contribution in [2.24, 2.45) is 4.99 Å². The Labute approximate surface area is 246 Å². The van der Waals surface area contributed by atoms with Crippen LogP contribution in [0.2, 0.25) is 10.0 Å². The predicted octanol–water partition coefficient (Wildman–Crippen LogP) is 8.21. The molecule has 0 spiro atoms. The maximum Gasteiger partial charge on any atom is 0.283 e. The lowest BCUT2D eigenvalue weighted by molar-refractivity contribution is -0.114. The van der Waals surface area contributed by atoms with Crippen molar-refractivity contribution in [2.45, 2.75) is 6.92 Å². The zero-order chi connectivity index (χ0) is 28.1. The molecule has 1 aliphatic heterocycles. The molecule has 4 aromatic carbocycles. The van der Waals surface area contributed by atoms with Crippen molar-refractivity contribution in [3.8, 4) is 11.5 Å². The Morgan fingerprint density at radius 2 is 1.62 bits per heavy atom. The van der Waals surface area contributed by atoms with Crippen LogP contribution in [0.15, 0.2) is 108 Å². The highest BCUT2D eigenvalue weighted by Gasteiger charge is 2.32. The summed E-state index contributed by atoms with van der Waals surface area (Å²) in [4.78, 5) is 32.3. The average Bonchev–Trinajstić information content (AvgIpc) is 3.26. The number of carbonyl (C=O) groups is 2. The molecule has 40 heavy (non-hydrogen) atoms. The van der Waals surface area contributed by atoms with E-state index in [9.17, 15) is 9.59 Å². The Bertz CT molecular complexity index is 1610. The fourth-order valence-electron chi connectivity index (χ4n) is 3.83. The van der Waals surface area contributed by atoms with E-state index in [1.165, 1.54) is 16.7 Å². The van der Waals surface area contributed by atoms with Gasteiger partial charge in [0.2, 0.25) is 5.91 Å². The molecule has 0 saturated heterocycles. The number of ether oxygens (including phenoxy) is 1. The molecule has 2 amide bonds. The first-order chi connectivity index (χ1) is 19.4. The van der Waals surface area contributed by atoms with Gasteiger partial charge in [0, 0.05) is 5.69 Å². The number of rotatable bonds is 7. The maximum absolute atomic E-state index is 13.4. The molecule has 6 nitrogen and oxygen atoms in total. The molecule has 4 aromatic rings. The number of nitrogens with one attached hydrogen (secondary N) is 1. The summed E-state index contributed by atoms with van der Waals surface area (Å²) in [5.41, 5.74) is 3.28. The maximum atomic E-state index is 13.4. The molecule has 0 radical (unpaired) electrons. The number of anilines is 2. The SMILES string of the molecule is Cc1ccc(N2C(=O)/C(=C/c3ccc(Cl)c(Cl)c3)N=C2SCC(=O)Nc2ccc(Oc3ccccc3)cc2)cc1. The van der Waals surface area contributed by atoms with Crippen molar-refractivity contribution < 1.29 is 14.3 Å². The number of nitrogens with zero attached hydrogens (tertiary/aromatic N) is 2. The van der Waals surface area contributed by atoms with E-state index in [0.717, 1.165) is 11.3 Å². The largest absolute Gasteiger partial charge is 0.457 e. The van der Waals surface area contributed by atoms with E-state index in [2.05, 4.69) is 10.3 Å². The molecule has 0 saturated carbocycles. The smallest absolute Gasteiger partial charge is 0.283 e. The number of aryl methyl sites for hydroxylation is 1. The Kier molecular flexibility index (Phi) is 8.55. The lowest BCUT2D eigenvalue weighted by Crippen LogP contribution is -2.31. The molecule has 0 aliphatic carbocycles. The zero-order valence-corrected chi connectivity index (χ0v) is 23.6. The summed E-state index contributed by atoms with van der Waals surface area (Å²) in [7, 11) is 0. The van der Waals surface area contributed by atoms with Crippen molar-refractivity contribution in [2.75, 3.05) is 16.0 Å². The summed E-state index contributed by atoms with van der Waals surface area (Å²) in [6, 6.07) is 29.2. The number of benzene rings is 4. The molecular weight excluding hydrogens is 565 g/mol. The number of amidine groups is 1. The minimum atomic E-state index is -0.299. The van der Waals surface area contributed by atoms with Crippen LogP contribution >= 0.6 is 35.0 Å². The summed E-state index contributed by atoms with van der Waals surface area (Å²) in [5, 5.41) is 4.09. The second kappa shape index (κ2) is 12.4. The molecule has 1 N–H and O–H groups in total. The van der Waals surface area contributed by atoms with Crippen LogP contribution < -0.4 is 15.0 Å². The first-order valence-corrected chi connectivity index (χ1v) is 14.0. The van der Waals surface area contributed by atoms with Gasteiger partial charge < -0.3 is 10.1 Å². The second-order valence-corrected chi connectivity index (χ2v) is 10.6. The third-order valence-corrected chi connectivity index (χ3v) is 7.50. The van der Waals surface area contributed by atoms with E-state index in [4.69, 9.17) is 27.9 Å². The van der Waals surface area contributed by atoms with Crippen LogP contribution in [0, 0.1) is 6.92 Å². The van der Waals surface area contributed by atoms with Gasteiger partial charge in [-0.05, 0) is 79.2 Å². The van der Waals surface area contributed by atoms with Gasteiger partial charge in [0.1, 0.15) is 17.2 Å². The van der Waals surface area contributed by atoms with Crippen LogP contribution in [0.4, 0.5) is 11.4 Å². The van der Waals surface area contributed by atoms with Crippen LogP contribution in [0.5, 0.6) is 11.5 Å². The number of hydrogen-bond donors (Lipinski definition) is 1. The van der Waals surface area contributed by atoms with Gasteiger partial charge in [-0.3, -0.25) is 14.5 Å². The molecule has 0 atom stereocenters. The van der Waals surface area contributed by atoms with Gasteiger partial charge >= 0.3 is 0 Å². The average molecular weight is 589 g/mol. The molecule has 5 rings (SSSR count). The number of amides is 2. The van der Waals surface area contributed by atoms with Gasteiger partial charge in [-0.15, -0.1) is 0 Å². The number of aliphatic imine (C=N–C) groups is 1. The molecule has 1 heterocycles. The van der Waals surface area contributed by atoms with E-state index in [1.807, 2.05) is 61.5 Å². The van der Waals surface area contributed by atoms with E-state index in [1.54, 1.807) is 48.5 Å². The number of para-hydroxylation sites is 1. The lowest BCUT2D eigenvalue weighted by atomic mass is 10.2. The Morgan fingerprint density at radius 3 is 2.33 bits per heavy atom. The first kappa shape index (κ1) is 27.5. The van der Waals surface area contributed by atoms with Gasteiger partial charge in [0.15, 0.2) is 5.17 Å². The summed E-state index contributed by atoms with van der Waals surface area (Å²) >= 11 is 13.4. The highest BCUT2D eigenvalue weighted by atomic mass is 35.5. The Balaban J connectivity index is 1.29. The quantitative estimate of drug-likeness (QED) is 0.221. The molecular formula is C31H23Cl2N3O3S. The third-order valence-electron chi connectivity index (χ3n) is 5.82. The van der Waals surface area contributed by atoms with E-state index < -0.39 is 0 Å². The second-order valence-electron chi connectivity index (χ2n) is 8.85. The molecule has 200 valence electrons. The zero-order valence-electron chi connectivity index (χ0n) is 21.3. The summed E-state index contributed by atoms with van der Waals surface area (Å²) in [6.45, 7) is 1.97. The molecule has 0 unspecified atom stereocenters. The number of thioether (sulfide) groups is 1. The molecule has 1 aliphatic rings. The van der Waals surface area contributed by atoms with Gasteiger partial charge in [-0.25, -0.2) is 4.99 Å². The molecule has 9 heteroatoms. The van der Waals surface area contributed by atoms with Gasteiger partial charge in [-0.2, -0.15) is 0 Å². The van der Waals surface area contributed by atoms with Crippen molar-refractivity contribution in [1.82, 2.24) is 0 Å². The number of hydrogen-bond acceptors (Lipinski definition) is 5. The van der Waals surface area contributed by atoms with E-state index in [-0.39, 0.29) is 23.3 Å². The number of halogens is 2. The summed E-state index contributed by atoms with van der Waals surface area (Å²) in [5.74, 6) is 0.909. The Hall–Kier alpha value is -4.04. The normalized spacial score (nSPS) is 13.9. The summed E-state index contributed by atoms with van der Waals surface area (Å²) < 4.78 is 5.80. The van der Waals surface area contributed by atoms with E-state index >= 15 is 0 Å². The monoisotopic (exact) mass is 587 g/mol. The Morgan fingerprint density at radius 1 is 0.925 bits per heavy atom. The molecule has 0 fully saturated rings. The van der Waals surface area contributed by atoms with Crippen LogP contribution in [-0.2, 0) is 9.59 Å². The minimum Gasteiger partial charge on any atom is -0.457 e. The lowest BCUT2D eigenvalue weighted by Gasteiger charge is -2.18. The molecule has 0 bridgehead atoms. The predicted molar refractivity (Wildman–Crippen MR) is 165 cm³/mol. The topological polar surface area (TPSA) is 71.0 Å². The van der Waals surface area contributed by atoms with Crippen molar-refractivity contribution >= 4 is 69.4 Å². The number of carbonyl (C=O) groups excluding carboxylic acids is 2. The highest BCUT2D eigenvalue weighted by molar-refractivity contribution is 8.14. The van der Waals surface area contributed by atoms with Crippen molar-refractivity contribution in [3.05, 3.63) is 124 Å². The van der Waals surface area contributed by atoms with Crippen LogP contribution in [0.25, 0.3) is 6.08 Å². The fourth-order valence-corrected chi connectivity index (χ4v) is 4.95. The first-order valence-electron chi connectivity index (χ1n) is 12.3. The van der Waals surface area contributed by atoms with Gasteiger partial charge in [0.25, 0.3) is 5.91 Å². The standard InChI is InChI=1S/C31H23Cl2N3O3S/c1-20-7-12-23(13-8-20)36-30(38)28(18-21-9-16-26(32)27(33)17-21)35-31(36)40-19-29(37)34-22-10-14-25(15-11-22)39-24-5-3-2-4-6-24/h2-18H,19H2,1H3,(H,34,37)/b28-18-. The highest BCUT2D eigenvalue weighted by Crippen LogP contribution is 2.31.